The molecule has 0 aliphatic rings. The van der Waals surface area contributed by atoms with Crippen molar-refractivity contribution in [1.29, 1.82) is 0 Å². The van der Waals surface area contributed by atoms with E-state index in [4.69, 9.17) is 23.2 Å². The molecule has 0 heterocycles. The van der Waals surface area contributed by atoms with E-state index in [0.717, 1.165) is 5.01 Å². The highest BCUT2D eigenvalue weighted by atomic mass is 35.5. The smallest absolute Gasteiger partial charge is 0.269 e. The number of nitrogen functional groups attached to an aromatic ring is 1. The van der Waals surface area contributed by atoms with Gasteiger partial charge in [0, 0.05) is 17.8 Å². The topological polar surface area (TPSA) is 72.3 Å². The van der Waals surface area contributed by atoms with Crippen molar-refractivity contribution in [3.05, 3.63) is 28.8 Å². The van der Waals surface area contributed by atoms with Gasteiger partial charge in [-0.1, -0.05) is 39.3 Å². The number of nitrogens with zero attached hydrogens (tertiary/aromatic N) is 1. The van der Waals surface area contributed by atoms with E-state index in [1.54, 1.807) is 12.1 Å². The lowest BCUT2D eigenvalue weighted by molar-refractivity contribution is 0.0796. The van der Waals surface area contributed by atoms with Gasteiger partial charge in [0.2, 0.25) is 0 Å². The summed E-state index contributed by atoms with van der Waals surface area (Å²) in [6, 6.07) is 4.67. The Balaban J connectivity index is 0. The van der Waals surface area contributed by atoms with Crippen molar-refractivity contribution in [1.82, 2.24) is 5.01 Å². The largest absolute Gasteiger partial charge is 0.398 e. The molecule has 0 atom stereocenters. The Morgan fingerprint density at radius 2 is 1.71 bits per heavy atom. The van der Waals surface area contributed by atoms with E-state index in [0.29, 0.717) is 16.3 Å². The van der Waals surface area contributed by atoms with Gasteiger partial charge in [0.1, 0.15) is 0 Å². The molecule has 0 radical (unpaired) electrons. The maximum Gasteiger partial charge on any atom is 0.269 e. The maximum atomic E-state index is 11.4. The molecule has 4 nitrogen and oxygen atoms in total. The van der Waals surface area contributed by atoms with Crippen LogP contribution in [-0.2, 0) is 0 Å². The summed E-state index contributed by atoms with van der Waals surface area (Å²) >= 11 is 5.70. The molecule has 0 saturated heterocycles. The van der Waals surface area contributed by atoms with Gasteiger partial charge in [-0.25, -0.2) is 5.84 Å². The zero-order valence-electron chi connectivity index (χ0n) is 11.1. The summed E-state index contributed by atoms with van der Waals surface area (Å²) in [5.41, 5.74) is 6.25. The number of amides is 1. The normalized spacial score (nSPS) is 8.18. The molecule has 1 aromatic rings. The fourth-order valence-corrected chi connectivity index (χ4v) is 1.08. The first-order valence-corrected chi connectivity index (χ1v) is 5.98. The molecule has 0 aliphatic carbocycles. The lowest BCUT2D eigenvalue weighted by Crippen LogP contribution is -2.33. The summed E-state index contributed by atoms with van der Waals surface area (Å²) < 4.78 is 0. The van der Waals surface area contributed by atoms with E-state index < -0.39 is 0 Å². The van der Waals surface area contributed by atoms with Crippen LogP contribution in [-0.4, -0.2) is 18.0 Å². The second-order valence-corrected chi connectivity index (χ2v) is 3.08. The number of carbonyl (C=O) groups excluding carboxylic acids is 1. The third-order valence-electron chi connectivity index (χ3n) is 1.57. The van der Waals surface area contributed by atoms with Crippen molar-refractivity contribution >= 4 is 23.2 Å². The summed E-state index contributed by atoms with van der Waals surface area (Å²) in [6.07, 6.45) is 0. The number of rotatable bonds is 1. The van der Waals surface area contributed by atoms with E-state index in [-0.39, 0.29) is 5.91 Å². The van der Waals surface area contributed by atoms with E-state index in [1.807, 2.05) is 27.7 Å². The number of hydrazine groups is 1. The van der Waals surface area contributed by atoms with Gasteiger partial charge in [-0.15, -0.1) is 0 Å². The van der Waals surface area contributed by atoms with Crippen LogP contribution in [0.1, 0.15) is 38.1 Å². The summed E-state index contributed by atoms with van der Waals surface area (Å²) in [5, 5.41) is 1.42. The Hall–Kier alpha value is -1.26. The molecule has 5 heteroatoms. The highest BCUT2D eigenvalue weighted by Crippen LogP contribution is 2.18. The molecule has 0 aliphatic heterocycles. The van der Waals surface area contributed by atoms with E-state index in [2.05, 4.69) is 0 Å². The van der Waals surface area contributed by atoms with Crippen LogP contribution >= 0.6 is 11.6 Å². The first-order valence-electron chi connectivity index (χ1n) is 5.60. The molecule has 0 spiro atoms. The average Bonchev–Trinajstić information content (AvgIpc) is 2.36. The van der Waals surface area contributed by atoms with Crippen LogP contribution in [0.2, 0.25) is 5.02 Å². The molecular formula is C12H22ClN3O. The fraction of sp³-hybridized carbons (Fsp3) is 0.417. The van der Waals surface area contributed by atoms with Crippen LogP contribution in [0.4, 0.5) is 5.69 Å². The first-order chi connectivity index (χ1) is 8.02. The zero-order chi connectivity index (χ0) is 14.0. The molecule has 1 rings (SSSR count). The van der Waals surface area contributed by atoms with E-state index in [9.17, 15) is 4.79 Å². The summed E-state index contributed by atoms with van der Waals surface area (Å²) in [4.78, 5) is 11.4. The van der Waals surface area contributed by atoms with Crippen molar-refractivity contribution in [3.8, 4) is 0 Å². The number of hydrogen-bond acceptors (Lipinski definition) is 3. The number of carbonyl (C=O) groups is 1. The SMILES string of the molecule is CC.CC.CN(N)C(=O)c1cc(Cl)ccc1N. The third-order valence-corrected chi connectivity index (χ3v) is 1.80. The molecule has 1 amide bonds. The number of hydrogen-bond donors (Lipinski definition) is 2. The Bertz CT molecular complexity index is 341. The fourth-order valence-electron chi connectivity index (χ4n) is 0.904. The van der Waals surface area contributed by atoms with Gasteiger partial charge < -0.3 is 5.73 Å². The molecule has 1 aromatic carbocycles. The molecule has 4 N–H and O–H groups in total. The molecule has 98 valence electrons. The molecule has 0 bridgehead atoms. The van der Waals surface area contributed by atoms with Crippen LogP contribution in [0.5, 0.6) is 0 Å². The van der Waals surface area contributed by atoms with Crippen LogP contribution < -0.4 is 11.6 Å². The Morgan fingerprint density at radius 1 is 1.24 bits per heavy atom. The number of halogens is 1. The highest BCUT2D eigenvalue weighted by molar-refractivity contribution is 6.31. The van der Waals surface area contributed by atoms with Crippen molar-refractivity contribution in [2.45, 2.75) is 27.7 Å². The predicted octanol–water partition coefficient (Wildman–Crippen LogP) is 2.92. The summed E-state index contributed by atoms with van der Waals surface area (Å²) in [5.74, 6) is 4.91. The molecular weight excluding hydrogens is 238 g/mol. The summed E-state index contributed by atoms with van der Waals surface area (Å²) in [6.45, 7) is 8.00. The van der Waals surface area contributed by atoms with Gasteiger partial charge in [0.05, 0.1) is 5.56 Å². The van der Waals surface area contributed by atoms with Crippen LogP contribution in [0.25, 0.3) is 0 Å². The maximum absolute atomic E-state index is 11.4. The minimum absolute atomic E-state index is 0.317. The molecule has 0 aromatic heterocycles. The van der Waals surface area contributed by atoms with Gasteiger partial charge in [0.25, 0.3) is 5.91 Å². The van der Waals surface area contributed by atoms with Crippen molar-refractivity contribution in [2.24, 2.45) is 5.84 Å². The second kappa shape index (κ2) is 9.93. The van der Waals surface area contributed by atoms with Gasteiger partial charge in [-0.3, -0.25) is 9.80 Å². The number of nitrogens with two attached hydrogens (primary N) is 2. The predicted molar refractivity (Wildman–Crippen MR) is 74.8 cm³/mol. The van der Waals surface area contributed by atoms with E-state index >= 15 is 0 Å². The van der Waals surface area contributed by atoms with Gasteiger partial charge in [0.15, 0.2) is 0 Å². The standard InChI is InChI=1S/C8H10ClN3O.2C2H6/c1-12(11)8(13)6-4-5(9)2-3-7(6)10;2*1-2/h2-4H,10-11H2,1H3;2*1-2H3. The van der Waals surface area contributed by atoms with Crippen molar-refractivity contribution in [3.63, 3.8) is 0 Å². The van der Waals surface area contributed by atoms with Crippen LogP contribution in [0.3, 0.4) is 0 Å². The van der Waals surface area contributed by atoms with Gasteiger partial charge in [-0.05, 0) is 18.2 Å². The second-order valence-electron chi connectivity index (χ2n) is 2.65. The quantitative estimate of drug-likeness (QED) is 0.353. The Labute approximate surface area is 109 Å². The first kappa shape index (κ1) is 18.1. The lowest BCUT2D eigenvalue weighted by Gasteiger charge is -2.11. The van der Waals surface area contributed by atoms with E-state index in [1.165, 1.54) is 13.1 Å². The Kier molecular flexibility index (Phi) is 10.6. The van der Waals surface area contributed by atoms with Crippen LogP contribution in [0, 0.1) is 0 Å². The molecule has 17 heavy (non-hydrogen) atoms. The third kappa shape index (κ3) is 6.14. The van der Waals surface area contributed by atoms with Crippen molar-refractivity contribution < 1.29 is 4.79 Å². The average molecular weight is 260 g/mol. The lowest BCUT2D eigenvalue weighted by atomic mass is 10.1. The van der Waals surface area contributed by atoms with Gasteiger partial charge >= 0.3 is 0 Å². The summed E-state index contributed by atoms with van der Waals surface area (Å²) in [7, 11) is 1.45. The van der Waals surface area contributed by atoms with Crippen LogP contribution in [0.15, 0.2) is 18.2 Å². The minimum Gasteiger partial charge on any atom is -0.398 e. The monoisotopic (exact) mass is 259 g/mol. The number of benzene rings is 1. The molecule has 0 saturated carbocycles. The highest BCUT2D eigenvalue weighted by Gasteiger charge is 2.12. The van der Waals surface area contributed by atoms with Gasteiger partial charge in [-0.2, -0.15) is 0 Å². The number of anilines is 1. The zero-order valence-corrected chi connectivity index (χ0v) is 11.9. The Morgan fingerprint density at radius 3 is 2.12 bits per heavy atom. The minimum atomic E-state index is -0.361. The van der Waals surface area contributed by atoms with Crippen molar-refractivity contribution in [2.75, 3.05) is 12.8 Å². The molecule has 0 fully saturated rings. The molecule has 0 unspecified atom stereocenters.